The van der Waals surface area contributed by atoms with E-state index in [0.717, 1.165) is 24.4 Å². The minimum atomic E-state index is 0.0325. The highest BCUT2D eigenvalue weighted by molar-refractivity contribution is 5.27. The molecule has 0 saturated carbocycles. The van der Waals surface area contributed by atoms with Crippen LogP contribution in [0.5, 0.6) is 0 Å². The molecule has 5 heteroatoms. The second-order valence-electron chi connectivity index (χ2n) is 4.49. The van der Waals surface area contributed by atoms with Gasteiger partial charge in [-0.3, -0.25) is 4.79 Å². The highest BCUT2D eigenvalue weighted by atomic mass is 16.1. The van der Waals surface area contributed by atoms with E-state index in [1.807, 2.05) is 26.0 Å². The second-order valence-corrected chi connectivity index (χ2v) is 4.49. The molecule has 0 aliphatic rings. The molecule has 100 valence electrons. The summed E-state index contributed by atoms with van der Waals surface area (Å²) in [5, 5.41) is 3.18. The lowest BCUT2D eigenvalue weighted by Crippen LogP contribution is -2.19. The van der Waals surface area contributed by atoms with Crippen LogP contribution in [0.4, 0.5) is 5.95 Å². The molecule has 0 saturated heterocycles. The Bertz CT molecular complexity index is 586. The number of hydrogen-bond donors (Lipinski definition) is 1. The van der Waals surface area contributed by atoms with Gasteiger partial charge in [0, 0.05) is 36.7 Å². The number of nitrogens with zero attached hydrogens (tertiary/aromatic N) is 3. The highest BCUT2D eigenvalue weighted by Crippen LogP contribution is 2.03. The van der Waals surface area contributed by atoms with Gasteiger partial charge in [0.25, 0.3) is 0 Å². The van der Waals surface area contributed by atoms with Crippen molar-refractivity contribution < 1.29 is 0 Å². The fourth-order valence-corrected chi connectivity index (χ4v) is 1.90. The van der Waals surface area contributed by atoms with Crippen LogP contribution >= 0.6 is 0 Å². The Labute approximate surface area is 112 Å². The van der Waals surface area contributed by atoms with E-state index in [-0.39, 0.29) is 5.56 Å². The molecule has 0 unspecified atom stereocenters. The Morgan fingerprint density at radius 2 is 1.95 bits per heavy atom. The number of hydrogen-bond acceptors (Lipinski definition) is 4. The molecule has 0 spiro atoms. The van der Waals surface area contributed by atoms with Crippen molar-refractivity contribution in [2.75, 3.05) is 11.9 Å². The fourth-order valence-electron chi connectivity index (χ4n) is 1.90. The van der Waals surface area contributed by atoms with E-state index in [1.54, 1.807) is 22.9 Å². The summed E-state index contributed by atoms with van der Waals surface area (Å²) in [7, 11) is 0. The number of aromatic nitrogens is 3. The van der Waals surface area contributed by atoms with Crippen molar-refractivity contribution in [1.29, 1.82) is 0 Å². The summed E-state index contributed by atoms with van der Waals surface area (Å²) in [5.41, 5.74) is 1.94. The van der Waals surface area contributed by atoms with Crippen LogP contribution in [-0.4, -0.2) is 21.1 Å². The molecule has 0 aromatic carbocycles. The number of aryl methyl sites for hydroxylation is 3. The van der Waals surface area contributed by atoms with Crippen LogP contribution in [0.3, 0.4) is 0 Å². The fraction of sp³-hybridized carbons (Fsp3) is 0.357. The van der Waals surface area contributed by atoms with Crippen LogP contribution in [0.15, 0.2) is 35.3 Å². The van der Waals surface area contributed by atoms with E-state index >= 15 is 0 Å². The van der Waals surface area contributed by atoms with Crippen molar-refractivity contribution >= 4 is 5.95 Å². The van der Waals surface area contributed by atoms with E-state index in [4.69, 9.17) is 0 Å². The number of nitrogens with one attached hydrogen (secondary N) is 1. The van der Waals surface area contributed by atoms with Crippen molar-refractivity contribution in [2.45, 2.75) is 26.8 Å². The third kappa shape index (κ3) is 3.91. The average molecular weight is 258 g/mol. The third-order valence-corrected chi connectivity index (χ3v) is 2.74. The first-order chi connectivity index (χ1) is 9.15. The lowest BCUT2D eigenvalue weighted by atomic mass is 10.3. The van der Waals surface area contributed by atoms with Crippen molar-refractivity contribution in [3.8, 4) is 0 Å². The highest BCUT2D eigenvalue weighted by Gasteiger charge is 1.99. The quantitative estimate of drug-likeness (QED) is 0.830. The zero-order valence-corrected chi connectivity index (χ0v) is 11.3. The largest absolute Gasteiger partial charge is 0.354 e. The van der Waals surface area contributed by atoms with Gasteiger partial charge in [-0.1, -0.05) is 6.07 Å². The van der Waals surface area contributed by atoms with Crippen LogP contribution in [0, 0.1) is 13.8 Å². The first-order valence-electron chi connectivity index (χ1n) is 6.37. The van der Waals surface area contributed by atoms with Gasteiger partial charge in [0.2, 0.25) is 11.5 Å². The lowest BCUT2D eigenvalue weighted by molar-refractivity contribution is 0.637. The van der Waals surface area contributed by atoms with Crippen LogP contribution in [0.2, 0.25) is 0 Å². The normalized spacial score (nSPS) is 10.4. The maximum absolute atomic E-state index is 11.5. The molecule has 19 heavy (non-hydrogen) atoms. The zero-order chi connectivity index (χ0) is 13.7. The zero-order valence-electron chi connectivity index (χ0n) is 11.3. The van der Waals surface area contributed by atoms with Crippen molar-refractivity contribution in [2.24, 2.45) is 0 Å². The topological polar surface area (TPSA) is 59.8 Å². The summed E-state index contributed by atoms with van der Waals surface area (Å²) in [4.78, 5) is 20.1. The van der Waals surface area contributed by atoms with E-state index in [2.05, 4.69) is 15.3 Å². The van der Waals surface area contributed by atoms with E-state index in [0.29, 0.717) is 12.5 Å². The maximum Gasteiger partial charge on any atom is 0.250 e. The summed E-state index contributed by atoms with van der Waals surface area (Å²) in [6.07, 6.45) is 2.65. The van der Waals surface area contributed by atoms with Gasteiger partial charge in [-0.05, 0) is 32.4 Å². The van der Waals surface area contributed by atoms with Gasteiger partial charge in [0.05, 0.1) is 0 Å². The lowest BCUT2D eigenvalue weighted by Gasteiger charge is -2.07. The van der Waals surface area contributed by atoms with Crippen molar-refractivity contribution in [3.63, 3.8) is 0 Å². The summed E-state index contributed by atoms with van der Waals surface area (Å²) >= 11 is 0. The smallest absolute Gasteiger partial charge is 0.250 e. The Morgan fingerprint density at radius 3 is 2.63 bits per heavy atom. The Hall–Kier alpha value is -2.17. The van der Waals surface area contributed by atoms with Crippen molar-refractivity contribution in [1.82, 2.24) is 14.5 Å². The predicted octanol–water partition coefficient (Wildman–Crippen LogP) is 1.76. The third-order valence-electron chi connectivity index (χ3n) is 2.74. The average Bonchev–Trinajstić information content (AvgIpc) is 2.35. The molecular formula is C14H18N4O. The summed E-state index contributed by atoms with van der Waals surface area (Å²) in [6, 6.07) is 7.12. The minimum Gasteiger partial charge on any atom is -0.354 e. The van der Waals surface area contributed by atoms with E-state index < -0.39 is 0 Å². The molecule has 0 bridgehead atoms. The molecule has 0 radical (unpaired) electrons. The molecule has 0 fully saturated rings. The van der Waals surface area contributed by atoms with Gasteiger partial charge in [-0.15, -0.1) is 0 Å². The molecule has 2 aromatic heterocycles. The first kappa shape index (κ1) is 13.3. The Kier molecular flexibility index (Phi) is 4.28. The molecule has 0 amide bonds. The molecule has 0 aliphatic carbocycles. The van der Waals surface area contributed by atoms with E-state index in [1.165, 1.54) is 0 Å². The van der Waals surface area contributed by atoms with Crippen LogP contribution in [-0.2, 0) is 6.54 Å². The first-order valence-corrected chi connectivity index (χ1v) is 6.37. The molecule has 2 heterocycles. The molecule has 5 nitrogen and oxygen atoms in total. The number of pyridine rings is 1. The van der Waals surface area contributed by atoms with Gasteiger partial charge < -0.3 is 9.88 Å². The number of anilines is 1. The van der Waals surface area contributed by atoms with Gasteiger partial charge in [-0.25, -0.2) is 9.97 Å². The van der Waals surface area contributed by atoms with Crippen molar-refractivity contribution in [3.05, 3.63) is 52.2 Å². The summed E-state index contributed by atoms with van der Waals surface area (Å²) in [5.74, 6) is 0.651. The number of rotatable bonds is 5. The summed E-state index contributed by atoms with van der Waals surface area (Å²) < 4.78 is 1.70. The molecule has 2 aromatic rings. The summed E-state index contributed by atoms with van der Waals surface area (Å²) in [6.45, 7) is 5.33. The monoisotopic (exact) mass is 258 g/mol. The van der Waals surface area contributed by atoms with E-state index in [9.17, 15) is 4.79 Å². The van der Waals surface area contributed by atoms with Gasteiger partial charge >= 0.3 is 0 Å². The van der Waals surface area contributed by atoms with Crippen LogP contribution < -0.4 is 10.9 Å². The standard InChI is InChI=1S/C14H18N4O/c1-11-10-12(2)17-14(16-11)15-7-5-9-18-8-4-3-6-13(18)19/h3-4,6,8,10H,5,7,9H2,1-2H3,(H,15,16,17). The minimum absolute atomic E-state index is 0.0325. The maximum atomic E-state index is 11.5. The molecule has 0 aliphatic heterocycles. The molecule has 2 rings (SSSR count). The predicted molar refractivity (Wildman–Crippen MR) is 75.3 cm³/mol. The molecule has 0 atom stereocenters. The SMILES string of the molecule is Cc1cc(C)nc(NCCCn2ccccc2=O)n1. The van der Waals surface area contributed by atoms with Crippen LogP contribution in [0.25, 0.3) is 0 Å². The Morgan fingerprint density at radius 1 is 1.21 bits per heavy atom. The Balaban J connectivity index is 1.84. The second kappa shape index (κ2) is 6.13. The van der Waals surface area contributed by atoms with Crippen LogP contribution in [0.1, 0.15) is 17.8 Å². The van der Waals surface area contributed by atoms with Gasteiger partial charge in [0.1, 0.15) is 0 Å². The van der Waals surface area contributed by atoms with Gasteiger partial charge in [0.15, 0.2) is 0 Å². The molecule has 1 N–H and O–H groups in total. The molecular weight excluding hydrogens is 240 g/mol. The van der Waals surface area contributed by atoms with Gasteiger partial charge in [-0.2, -0.15) is 0 Å².